The number of benzene rings is 1. The Bertz CT molecular complexity index is 462. The lowest BCUT2D eigenvalue weighted by Gasteiger charge is -2.36. The van der Waals surface area contributed by atoms with E-state index in [1.165, 1.54) is 18.2 Å². The predicted molar refractivity (Wildman–Crippen MR) is 79.2 cm³/mol. The van der Waals surface area contributed by atoms with Crippen LogP contribution < -0.4 is 5.73 Å². The third kappa shape index (κ3) is 4.05. The highest BCUT2D eigenvalue weighted by atomic mass is 16.5. The highest BCUT2D eigenvalue weighted by molar-refractivity contribution is 5.69. The zero-order valence-corrected chi connectivity index (χ0v) is 12.3. The van der Waals surface area contributed by atoms with E-state index >= 15 is 0 Å². The van der Waals surface area contributed by atoms with E-state index in [0.29, 0.717) is 12.3 Å². The molecule has 0 saturated carbocycles. The minimum Gasteiger partial charge on any atom is -0.469 e. The van der Waals surface area contributed by atoms with E-state index in [1.807, 2.05) is 0 Å². The molecule has 2 unspecified atom stereocenters. The molecule has 0 amide bonds. The average molecular weight is 276 g/mol. The number of hydrogen-bond acceptors (Lipinski definition) is 4. The zero-order chi connectivity index (χ0) is 14.5. The van der Waals surface area contributed by atoms with Gasteiger partial charge in [-0.3, -0.25) is 9.69 Å². The Kier molecular flexibility index (Phi) is 5.15. The second kappa shape index (κ2) is 6.86. The summed E-state index contributed by atoms with van der Waals surface area (Å²) in [5.74, 6) is 0.162. The summed E-state index contributed by atoms with van der Waals surface area (Å²) in [6, 6.07) is 8.55. The van der Waals surface area contributed by atoms with Gasteiger partial charge in [0.25, 0.3) is 0 Å². The van der Waals surface area contributed by atoms with Crippen LogP contribution in [0.1, 0.15) is 24.0 Å². The number of rotatable bonds is 4. The lowest BCUT2D eigenvalue weighted by molar-refractivity contribution is -0.142. The summed E-state index contributed by atoms with van der Waals surface area (Å²) in [7, 11) is 1.44. The average Bonchev–Trinajstić information content (AvgIpc) is 2.40. The van der Waals surface area contributed by atoms with Crippen LogP contribution in [-0.2, 0) is 16.1 Å². The van der Waals surface area contributed by atoms with Crippen molar-refractivity contribution in [1.82, 2.24) is 4.90 Å². The van der Waals surface area contributed by atoms with E-state index in [1.54, 1.807) is 0 Å². The van der Waals surface area contributed by atoms with Crippen molar-refractivity contribution in [3.8, 4) is 0 Å². The molecule has 0 bridgehead atoms. The molecular formula is C16H24N2O2. The molecule has 4 heteroatoms. The second-order valence-electron chi connectivity index (χ2n) is 5.76. The number of piperidine rings is 1. The highest BCUT2D eigenvalue weighted by Gasteiger charge is 2.27. The van der Waals surface area contributed by atoms with Gasteiger partial charge in [-0.25, -0.2) is 0 Å². The van der Waals surface area contributed by atoms with Gasteiger partial charge in [-0.15, -0.1) is 0 Å². The first-order valence-electron chi connectivity index (χ1n) is 7.17. The standard InChI is InChI=1S/C16H24N2O2/c1-12-5-3-4-6-14(12)10-18-9-13(7-15(17)11-18)8-16(19)20-2/h3-6,13,15H,7-11,17H2,1-2H3. The van der Waals surface area contributed by atoms with Gasteiger partial charge in [-0.05, 0) is 30.4 Å². The maximum atomic E-state index is 11.4. The Morgan fingerprint density at radius 1 is 1.40 bits per heavy atom. The molecule has 0 spiro atoms. The molecule has 1 aromatic rings. The molecule has 0 aromatic heterocycles. The first kappa shape index (κ1) is 15.0. The fourth-order valence-electron chi connectivity index (χ4n) is 2.97. The van der Waals surface area contributed by atoms with Crippen molar-refractivity contribution in [3.63, 3.8) is 0 Å². The maximum Gasteiger partial charge on any atom is 0.305 e. The monoisotopic (exact) mass is 276 g/mol. The number of carbonyl (C=O) groups is 1. The van der Waals surface area contributed by atoms with Crippen molar-refractivity contribution < 1.29 is 9.53 Å². The van der Waals surface area contributed by atoms with Crippen LogP contribution in [0, 0.1) is 12.8 Å². The molecule has 2 rings (SSSR count). The number of likely N-dealkylation sites (tertiary alicyclic amines) is 1. The SMILES string of the molecule is COC(=O)CC1CC(N)CN(Cc2ccccc2C)C1. The summed E-state index contributed by atoms with van der Waals surface area (Å²) in [5.41, 5.74) is 8.76. The van der Waals surface area contributed by atoms with Gasteiger partial charge in [0.05, 0.1) is 7.11 Å². The van der Waals surface area contributed by atoms with Gasteiger partial charge in [0.2, 0.25) is 0 Å². The number of ether oxygens (including phenoxy) is 1. The van der Waals surface area contributed by atoms with Gasteiger partial charge >= 0.3 is 5.97 Å². The lowest BCUT2D eigenvalue weighted by Crippen LogP contribution is -2.47. The smallest absolute Gasteiger partial charge is 0.305 e. The van der Waals surface area contributed by atoms with Gasteiger partial charge in [0.15, 0.2) is 0 Å². The molecule has 1 aliphatic heterocycles. The third-order valence-corrected chi connectivity index (χ3v) is 3.98. The number of carbonyl (C=O) groups excluding carboxylic acids is 1. The van der Waals surface area contributed by atoms with Crippen molar-refractivity contribution in [2.24, 2.45) is 11.7 Å². The van der Waals surface area contributed by atoms with Gasteiger partial charge in [0, 0.05) is 32.1 Å². The van der Waals surface area contributed by atoms with Crippen molar-refractivity contribution >= 4 is 5.97 Å². The molecule has 1 aromatic carbocycles. The van der Waals surface area contributed by atoms with Crippen LogP contribution in [0.3, 0.4) is 0 Å². The number of nitrogens with two attached hydrogens (primary N) is 1. The van der Waals surface area contributed by atoms with E-state index in [0.717, 1.165) is 26.1 Å². The molecule has 0 aliphatic carbocycles. The van der Waals surface area contributed by atoms with Crippen LogP contribution in [0.2, 0.25) is 0 Å². The van der Waals surface area contributed by atoms with Gasteiger partial charge in [0.1, 0.15) is 0 Å². The summed E-state index contributed by atoms with van der Waals surface area (Å²) < 4.78 is 4.76. The summed E-state index contributed by atoms with van der Waals surface area (Å²) in [5, 5.41) is 0. The Hall–Kier alpha value is -1.39. The van der Waals surface area contributed by atoms with Crippen LogP contribution in [0.5, 0.6) is 0 Å². The zero-order valence-electron chi connectivity index (χ0n) is 12.3. The molecule has 2 atom stereocenters. The number of aryl methyl sites for hydroxylation is 1. The minimum atomic E-state index is -0.139. The molecule has 1 aliphatic rings. The minimum absolute atomic E-state index is 0.139. The molecule has 2 N–H and O–H groups in total. The number of nitrogens with zero attached hydrogens (tertiary/aromatic N) is 1. The Morgan fingerprint density at radius 2 is 2.15 bits per heavy atom. The van der Waals surface area contributed by atoms with E-state index in [4.69, 9.17) is 10.5 Å². The normalized spacial score (nSPS) is 23.6. The summed E-state index contributed by atoms with van der Waals surface area (Å²) in [4.78, 5) is 13.8. The van der Waals surface area contributed by atoms with Gasteiger partial charge in [-0.2, -0.15) is 0 Å². The Morgan fingerprint density at radius 3 is 2.85 bits per heavy atom. The Labute approximate surface area is 120 Å². The molecule has 1 saturated heterocycles. The predicted octanol–water partition coefficient (Wildman–Crippen LogP) is 1.71. The summed E-state index contributed by atoms with van der Waals surface area (Å²) in [6.45, 7) is 4.84. The van der Waals surface area contributed by atoms with E-state index in [2.05, 4.69) is 36.1 Å². The highest BCUT2D eigenvalue weighted by Crippen LogP contribution is 2.22. The second-order valence-corrected chi connectivity index (χ2v) is 5.76. The van der Waals surface area contributed by atoms with Crippen LogP contribution in [-0.4, -0.2) is 37.1 Å². The third-order valence-electron chi connectivity index (χ3n) is 3.98. The van der Waals surface area contributed by atoms with Crippen molar-refractivity contribution in [2.75, 3.05) is 20.2 Å². The number of esters is 1. The van der Waals surface area contributed by atoms with Crippen molar-refractivity contribution in [2.45, 2.75) is 32.4 Å². The van der Waals surface area contributed by atoms with Crippen molar-refractivity contribution in [3.05, 3.63) is 35.4 Å². The molecule has 1 heterocycles. The maximum absolute atomic E-state index is 11.4. The molecule has 4 nitrogen and oxygen atoms in total. The van der Waals surface area contributed by atoms with Crippen LogP contribution in [0.4, 0.5) is 0 Å². The summed E-state index contributed by atoms with van der Waals surface area (Å²) in [6.07, 6.45) is 1.37. The number of hydrogen-bond donors (Lipinski definition) is 1. The van der Waals surface area contributed by atoms with Crippen molar-refractivity contribution in [1.29, 1.82) is 0 Å². The molecule has 20 heavy (non-hydrogen) atoms. The van der Waals surface area contributed by atoms with Crippen LogP contribution in [0.15, 0.2) is 24.3 Å². The molecule has 1 fully saturated rings. The number of methoxy groups -OCH3 is 1. The first-order valence-corrected chi connectivity index (χ1v) is 7.17. The van der Waals surface area contributed by atoms with Gasteiger partial charge in [-0.1, -0.05) is 24.3 Å². The van der Waals surface area contributed by atoms with E-state index < -0.39 is 0 Å². The van der Waals surface area contributed by atoms with E-state index in [-0.39, 0.29) is 12.0 Å². The quantitative estimate of drug-likeness (QED) is 0.851. The Balaban J connectivity index is 1.97. The first-order chi connectivity index (χ1) is 9.58. The van der Waals surface area contributed by atoms with Gasteiger partial charge < -0.3 is 10.5 Å². The summed E-state index contributed by atoms with van der Waals surface area (Å²) >= 11 is 0. The fraction of sp³-hybridized carbons (Fsp3) is 0.562. The topological polar surface area (TPSA) is 55.6 Å². The molecular weight excluding hydrogens is 252 g/mol. The largest absolute Gasteiger partial charge is 0.469 e. The molecule has 0 radical (unpaired) electrons. The van der Waals surface area contributed by atoms with Crippen LogP contribution >= 0.6 is 0 Å². The van der Waals surface area contributed by atoms with E-state index in [9.17, 15) is 4.79 Å². The fourth-order valence-corrected chi connectivity index (χ4v) is 2.97. The molecule has 110 valence electrons. The van der Waals surface area contributed by atoms with Crippen LogP contribution in [0.25, 0.3) is 0 Å². The lowest BCUT2D eigenvalue weighted by atomic mass is 9.91.